The average Bonchev–Trinajstić information content (AvgIpc) is 3.99. The number of nitrogens with two attached hydrogens (primary N) is 1. The topological polar surface area (TPSA) is 148 Å². The van der Waals surface area contributed by atoms with Crippen LogP contribution in [0.3, 0.4) is 0 Å². The molecule has 0 fully saturated rings. The van der Waals surface area contributed by atoms with Gasteiger partial charge in [-0.3, -0.25) is 28.8 Å². The van der Waals surface area contributed by atoms with Crippen molar-refractivity contribution in [3.63, 3.8) is 0 Å². The molecule has 2 aliphatic heterocycles. The van der Waals surface area contributed by atoms with E-state index in [9.17, 15) is 9.59 Å². The molecule has 0 saturated heterocycles. The number of carbonyl (C=O) groups excluding carboxylic acids is 2. The molecule has 2 amide bonds. The fourth-order valence-electron chi connectivity index (χ4n) is 11.0. The van der Waals surface area contributed by atoms with Gasteiger partial charge >= 0.3 is 0 Å². The summed E-state index contributed by atoms with van der Waals surface area (Å²) in [4.78, 5) is 32.9. The molecule has 9 aromatic rings. The van der Waals surface area contributed by atoms with Crippen molar-refractivity contribution in [2.75, 3.05) is 38.6 Å². The van der Waals surface area contributed by atoms with Crippen LogP contribution in [0, 0.1) is 0 Å². The van der Waals surface area contributed by atoms with Gasteiger partial charge in [0.1, 0.15) is 5.75 Å². The highest BCUT2D eigenvalue weighted by Crippen LogP contribution is 2.33. The van der Waals surface area contributed by atoms with E-state index in [0.29, 0.717) is 80.3 Å². The van der Waals surface area contributed by atoms with E-state index in [2.05, 4.69) is 109 Å². The molecule has 15 heteroatoms. The van der Waals surface area contributed by atoms with Crippen molar-refractivity contribution in [2.45, 2.75) is 71.6 Å². The number of fused-ring (bicyclic) bond motifs is 5. The summed E-state index contributed by atoms with van der Waals surface area (Å²) in [5, 5.41) is 27.6. The summed E-state index contributed by atoms with van der Waals surface area (Å²) in [7, 11) is 1.71. The predicted molar refractivity (Wildman–Crippen MR) is 299 cm³/mol. The van der Waals surface area contributed by atoms with E-state index in [1.165, 1.54) is 10.9 Å². The number of amides is 2. The highest BCUT2D eigenvalue weighted by molar-refractivity contribution is 6.42. The number of anilines is 1. The zero-order chi connectivity index (χ0) is 51.4. The van der Waals surface area contributed by atoms with Gasteiger partial charge in [-0.25, -0.2) is 0 Å². The predicted octanol–water partition coefficient (Wildman–Crippen LogP) is 10.3. The highest BCUT2D eigenvalue weighted by Gasteiger charge is 2.30. The van der Waals surface area contributed by atoms with Crippen LogP contribution in [0.4, 0.5) is 5.69 Å². The molecule has 11 rings (SSSR count). The highest BCUT2D eigenvalue weighted by atomic mass is 35.5. The molecule has 0 atom stereocenters. The second-order valence-corrected chi connectivity index (χ2v) is 20.4. The van der Waals surface area contributed by atoms with Gasteiger partial charge in [0, 0.05) is 118 Å². The first-order chi connectivity index (χ1) is 36.7. The standard InChI is InChI=1S/C60H60Cl2N10O3/c1-75-56-22-18-44(48-15-4-5-16-49(48)56)36-70-29-24-54-51(38-70)57(59(73)65-33-42-12-6-10-40-9-2-3-14-46(40)42)67-71(54)27-8-26-64-45-19-20-47-41(32-45)11-7-13-43(47)34-66-60(74)58-50-37-69(28-23-55(50)72(68-58)30-25-63)35-39-17-21-52(61)53(62)31-39/h2-7,9-22,31-32,64H,8,23-30,33-38,63H2,1H3,(H,65,73)(H,66,74). The van der Waals surface area contributed by atoms with Crippen molar-refractivity contribution in [3.05, 3.63) is 200 Å². The van der Waals surface area contributed by atoms with Gasteiger partial charge in [-0.15, -0.1) is 0 Å². The van der Waals surface area contributed by atoms with E-state index in [1.54, 1.807) is 7.11 Å². The molecule has 75 heavy (non-hydrogen) atoms. The average molecular weight is 1040 g/mol. The van der Waals surface area contributed by atoms with E-state index >= 15 is 0 Å². The molecule has 2 aromatic heterocycles. The number of benzene rings is 7. The zero-order valence-electron chi connectivity index (χ0n) is 42.0. The summed E-state index contributed by atoms with van der Waals surface area (Å²) in [6.45, 7) is 7.40. The first-order valence-corrected chi connectivity index (χ1v) is 26.6. The van der Waals surface area contributed by atoms with Gasteiger partial charge in [0.25, 0.3) is 11.8 Å². The number of nitrogens with zero attached hydrogens (tertiary/aromatic N) is 6. The van der Waals surface area contributed by atoms with Crippen LogP contribution in [0.2, 0.25) is 10.0 Å². The number of hydrogen-bond acceptors (Lipinski definition) is 9. The first kappa shape index (κ1) is 49.9. The van der Waals surface area contributed by atoms with Gasteiger partial charge in [-0.2, -0.15) is 10.2 Å². The molecule has 13 nitrogen and oxygen atoms in total. The maximum Gasteiger partial charge on any atom is 0.272 e. The number of nitrogens with one attached hydrogen (secondary N) is 3. The lowest BCUT2D eigenvalue weighted by molar-refractivity contribution is 0.0935. The molecular formula is C60H60Cl2N10O3. The van der Waals surface area contributed by atoms with Crippen LogP contribution >= 0.6 is 23.2 Å². The third-order valence-corrected chi connectivity index (χ3v) is 15.5. The van der Waals surface area contributed by atoms with Gasteiger partial charge in [-0.05, 0) is 85.9 Å². The SMILES string of the molecule is COc1ccc(CN2CCc3c(c(C(=O)NCc4cccc5ccccc45)nn3CCCNc3ccc4c(CNC(=O)c5nn(CCN)c6c5CN(Cc5ccc(Cl)c(Cl)c5)CC6)cccc4c3)C2)c2ccccc12. The lowest BCUT2D eigenvalue weighted by Gasteiger charge is -2.28. The Kier molecular flexibility index (Phi) is 14.8. The van der Waals surface area contributed by atoms with Crippen molar-refractivity contribution in [1.82, 2.24) is 40.0 Å². The summed E-state index contributed by atoms with van der Waals surface area (Å²) < 4.78 is 9.67. The molecule has 5 N–H and O–H groups in total. The van der Waals surface area contributed by atoms with Crippen LogP contribution in [0.5, 0.6) is 5.75 Å². The Morgan fingerprint density at radius 2 is 1.23 bits per heavy atom. The second kappa shape index (κ2) is 22.3. The Labute approximate surface area is 446 Å². The number of aromatic nitrogens is 4. The number of carbonyl (C=O) groups is 2. The molecule has 0 aliphatic carbocycles. The van der Waals surface area contributed by atoms with Gasteiger partial charge in [0.15, 0.2) is 11.4 Å². The van der Waals surface area contributed by atoms with Crippen LogP contribution in [0.15, 0.2) is 133 Å². The van der Waals surface area contributed by atoms with Gasteiger partial charge in [-0.1, -0.05) is 126 Å². The summed E-state index contributed by atoms with van der Waals surface area (Å²) in [6.07, 6.45) is 2.35. The summed E-state index contributed by atoms with van der Waals surface area (Å²) in [5.41, 5.74) is 16.4. The number of halogens is 2. The van der Waals surface area contributed by atoms with Gasteiger partial charge in [0.2, 0.25) is 0 Å². The number of rotatable bonds is 18. The third kappa shape index (κ3) is 10.7. The largest absolute Gasteiger partial charge is 0.496 e. The molecule has 0 bridgehead atoms. The maximum atomic E-state index is 14.2. The maximum absolute atomic E-state index is 14.2. The smallest absolute Gasteiger partial charge is 0.272 e. The minimum absolute atomic E-state index is 0.163. The minimum atomic E-state index is -0.208. The number of methoxy groups -OCH3 is 1. The normalized spacial score (nSPS) is 13.8. The van der Waals surface area contributed by atoms with E-state index in [1.807, 2.05) is 59.3 Å². The van der Waals surface area contributed by atoms with Crippen LogP contribution in [-0.4, -0.2) is 74.5 Å². The number of ether oxygens (including phenoxy) is 1. The van der Waals surface area contributed by atoms with E-state index in [4.69, 9.17) is 43.9 Å². The fraction of sp³-hybridized carbons (Fsp3) is 0.267. The Hall–Kier alpha value is -7.26. The fourth-order valence-corrected chi connectivity index (χ4v) is 11.4. The summed E-state index contributed by atoms with van der Waals surface area (Å²) in [5.74, 6) is 0.489. The van der Waals surface area contributed by atoms with Crippen molar-refractivity contribution < 1.29 is 14.3 Å². The van der Waals surface area contributed by atoms with Crippen LogP contribution < -0.4 is 26.4 Å². The van der Waals surface area contributed by atoms with E-state index in [-0.39, 0.29) is 11.8 Å². The van der Waals surface area contributed by atoms with E-state index < -0.39 is 0 Å². The van der Waals surface area contributed by atoms with Crippen molar-refractivity contribution in [2.24, 2.45) is 5.73 Å². The van der Waals surface area contributed by atoms with Crippen LogP contribution in [0.25, 0.3) is 32.3 Å². The minimum Gasteiger partial charge on any atom is -0.496 e. The molecule has 4 heterocycles. The molecule has 0 unspecified atom stereocenters. The molecule has 7 aromatic carbocycles. The summed E-state index contributed by atoms with van der Waals surface area (Å²) >= 11 is 12.5. The molecule has 0 spiro atoms. The van der Waals surface area contributed by atoms with Crippen molar-refractivity contribution in [1.29, 1.82) is 0 Å². The van der Waals surface area contributed by atoms with Gasteiger partial charge < -0.3 is 26.4 Å². The van der Waals surface area contributed by atoms with Crippen molar-refractivity contribution in [3.8, 4) is 5.75 Å². The lowest BCUT2D eigenvalue weighted by Crippen LogP contribution is -2.32. The number of aryl methyl sites for hydroxylation is 1. The second-order valence-electron chi connectivity index (χ2n) is 19.6. The summed E-state index contributed by atoms with van der Waals surface area (Å²) in [6, 6.07) is 45.3. The molecule has 382 valence electrons. The van der Waals surface area contributed by atoms with Crippen molar-refractivity contribution >= 4 is 73.0 Å². The quantitative estimate of drug-likeness (QED) is 0.0617. The number of hydrogen-bond donors (Lipinski definition) is 4. The zero-order valence-corrected chi connectivity index (χ0v) is 43.6. The molecule has 0 radical (unpaired) electrons. The Balaban J connectivity index is 0.751. The monoisotopic (exact) mass is 1040 g/mol. The molecule has 0 saturated carbocycles. The third-order valence-electron chi connectivity index (χ3n) is 14.8. The van der Waals surface area contributed by atoms with Crippen LogP contribution in [-0.2, 0) is 65.2 Å². The first-order valence-electron chi connectivity index (χ1n) is 25.8. The lowest BCUT2D eigenvalue weighted by atomic mass is 10.0. The Morgan fingerprint density at radius 1 is 0.613 bits per heavy atom. The van der Waals surface area contributed by atoms with E-state index in [0.717, 1.165) is 116 Å². The van der Waals surface area contributed by atoms with Crippen LogP contribution in [0.1, 0.15) is 72.2 Å². The molecular weight excluding hydrogens is 980 g/mol. The Bertz CT molecular complexity index is 3590. The molecule has 2 aliphatic rings. The Morgan fingerprint density at radius 3 is 1.91 bits per heavy atom. The van der Waals surface area contributed by atoms with Gasteiger partial charge in [0.05, 0.1) is 23.7 Å².